The number of pyridine rings is 1. The summed E-state index contributed by atoms with van der Waals surface area (Å²) in [5.74, 6) is 0.238. The minimum Gasteiger partial charge on any atom is -0.423 e. The van der Waals surface area contributed by atoms with Gasteiger partial charge in [-0.3, -0.25) is 4.79 Å². The van der Waals surface area contributed by atoms with Crippen molar-refractivity contribution < 1.29 is 17.6 Å². The molecule has 1 N–H and O–H groups in total. The lowest BCUT2D eigenvalue weighted by Crippen LogP contribution is -2.35. The van der Waals surface area contributed by atoms with Crippen LogP contribution in [-0.4, -0.2) is 36.7 Å². The van der Waals surface area contributed by atoms with E-state index >= 15 is 0 Å². The highest BCUT2D eigenvalue weighted by Gasteiger charge is 2.26. The van der Waals surface area contributed by atoms with E-state index in [0.29, 0.717) is 35.1 Å². The van der Waals surface area contributed by atoms with E-state index in [-0.39, 0.29) is 10.8 Å². The van der Waals surface area contributed by atoms with Crippen LogP contribution < -0.4 is 10.9 Å². The molecular formula is C22H23N3O5S2. The van der Waals surface area contributed by atoms with E-state index < -0.39 is 15.6 Å². The third-order valence-electron chi connectivity index (χ3n) is 5.19. The molecule has 2 aromatic heterocycles. The van der Waals surface area contributed by atoms with Crippen LogP contribution in [0.3, 0.4) is 0 Å². The number of sulfonamides is 1. The van der Waals surface area contributed by atoms with E-state index in [0.717, 1.165) is 30.2 Å². The zero-order valence-electron chi connectivity index (χ0n) is 17.5. The van der Waals surface area contributed by atoms with E-state index in [1.807, 2.05) is 0 Å². The highest BCUT2D eigenvalue weighted by Crippen LogP contribution is 2.28. The number of carbonyl (C=O) groups excluding carboxylic acids is 1. The Balaban J connectivity index is 1.51. The Bertz CT molecular complexity index is 1300. The predicted molar refractivity (Wildman–Crippen MR) is 123 cm³/mol. The molecule has 8 nitrogen and oxygen atoms in total. The number of rotatable bonds is 6. The fourth-order valence-electron chi connectivity index (χ4n) is 3.64. The Morgan fingerprint density at radius 3 is 2.62 bits per heavy atom. The maximum Gasteiger partial charge on any atom is 0.336 e. The summed E-state index contributed by atoms with van der Waals surface area (Å²) in [6.45, 7) is 2.50. The van der Waals surface area contributed by atoms with Crippen LogP contribution in [0.5, 0.6) is 0 Å². The van der Waals surface area contributed by atoms with Crippen molar-refractivity contribution in [2.45, 2.75) is 41.9 Å². The minimum absolute atomic E-state index is 0.194. The van der Waals surface area contributed by atoms with Crippen molar-refractivity contribution in [3.05, 3.63) is 58.6 Å². The van der Waals surface area contributed by atoms with Gasteiger partial charge in [-0.25, -0.2) is 18.2 Å². The molecule has 4 rings (SSSR count). The Kier molecular flexibility index (Phi) is 6.63. The van der Waals surface area contributed by atoms with Gasteiger partial charge in [-0.1, -0.05) is 6.42 Å². The number of nitrogens with one attached hydrogen (secondary N) is 1. The van der Waals surface area contributed by atoms with Gasteiger partial charge in [-0.15, -0.1) is 11.8 Å². The normalized spacial score (nSPS) is 15.0. The number of nitrogens with zero attached hydrogens (tertiary/aromatic N) is 2. The van der Waals surface area contributed by atoms with Gasteiger partial charge in [-0.2, -0.15) is 4.31 Å². The van der Waals surface area contributed by atoms with Crippen LogP contribution in [0, 0.1) is 0 Å². The SMILES string of the molecule is CC(=O)Nc1ccc2c(CSc3ccc(S(=O)(=O)N4CCCCC4)cn3)cc(=O)oc2c1. The molecule has 10 heteroatoms. The van der Waals surface area contributed by atoms with E-state index in [1.165, 1.54) is 35.3 Å². The fourth-order valence-corrected chi connectivity index (χ4v) is 5.94. The van der Waals surface area contributed by atoms with Crippen LogP contribution in [0.4, 0.5) is 5.69 Å². The number of thioether (sulfide) groups is 1. The second kappa shape index (κ2) is 9.43. The van der Waals surface area contributed by atoms with E-state index in [1.54, 1.807) is 30.3 Å². The molecule has 3 heterocycles. The van der Waals surface area contributed by atoms with Crippen LogP contribution in [-0.2, 0) is 20.6 Å². The summed E-state index contributed by atoms with van der Waals surface area (Å²) in [5.41, 5.74) is 1.21. The van der Waals surface area contributed by atoms with E-state index in [2.05, 4.69) is 10.3 Å². The van der Waals surface area contributed by atoms with E-state index in [9.17, 15) is 18.0 Å². The van der Waals surface area contributed by atoms with Gasteiger partial charge in [0.15, 0.2) is 0 Å². The Morgan fingerprint density at radius 2 is 1.94 bits per heavy atom. The lowest BCUT2D eigenvalue weighted by atomic mass is 10.1. The molecular weight excluding hydrogens is 450 g/mol. The number of amides is 1. The van der Waals surface area contributed by atoms with Crippen molar-refractivity contribution in [1.29, 1.82) is 0 Å². The smallest absolute Gasteiger partial charge is 0.336 e. The number of benzene rings is 1. The van der Waals surface area contributed by atoms with Crippen molar-refractivity contribution in [2.75, 3.05) is 18.4 Å². The largest absolute Gasteiger partial charge is 0.423 e. The Labute approximate surface area is 190 Å². The monoisotopic (exact) mass is 473 g/mol. The summed E-state index contributed by atoms with van der Waals surface area (Å²) >= 11 is 1.40. The second-order valence-corrected chi connectivity index (χ2v) is 10.5. The van der Waals surface area contributed by atoms with Crippen molar-refractivity contribution >= 4 is 44.3 Å². The van der Waals surface area contributed by atoms with Crippen molar-refractivity contribution in [1.82, 2.24) is 9.29 Å². The number of aromatic nitrogens is 1. The second-order valence-electron chi connectivity index (χ2n) is 7.57. The summed E-state index contributed by atoms with van der Waals surface area (Å²) in [6.07, 6.45) is 4.21. The van der Waals surface area contributed by atoms with Crippen molar-refractivity contribution in [2.24, 2.45) is 0 Å². The number of fused-ring (bicyclic) bond motifs is 1. The topological polar surface area (TPSA) is 110 Å². The van der Waals surface area contributed by atoms with Gasteiger partial charge in [0.1, 0.15) is 10.5 Å². The molecule has 0 radical (unpaired) electrons. The van der Waals surface area contributed by atoms with Gasteiger partial charge in [0.05, 0.1) is 5.03 Å². The van der Waals surface area contributed by atoms with Gasteiger partial charge in [0.25, 0.3) is 0 Å². The highest BCUT2D eigenvalue weighted by molar-refractivity contribution is 7.98. The van der Waals surface area contributed by atoms with Gasteiger partial charge in [0, 0.05) is 55.2 Å². The summed E-state index contributed by atoms with van der Waals surface area (Å²) < 4.78 is 32.3. The zero-order chi connectivity index (χ0) is 22.7. The molecule has 3 aromatic rings. The first kappa shape index (κ1) is 22.5. The molecule has 0 aliphatic carbocycles. The number of carbonyl (C=O) groups is 1. The maximum atomic E-state index is 12.8. The van der Waals surface area contributed by atoms with Crippen LogP contribution in [0.25, 0.3) is 11.0 Å². The summed E-state index contributed by atoms with van der Waals surface area (Å²) in [6, 6.07) is 9.85. The quantitative estimate of drug-likeness (QED) is 0.430. The lowest BCUT2D eigenvalue weighted by Gasteiger charge is -2.25. The average Bonchev–Trinajstić information content (AvgIpc) is 2.77. The molecule has 32 heavy (non-hydrogen) atoms. The molecule has 1 aliphatic heterocycles. The van der Waals surface area contributed by atoms with Gasteiger partial charge < -0.3 is 9.73 Å². The zero-order valence-corrected chi connectivity index (χ0v) is 19.2. The molecule has 0 spiro atoms. The lowest BCUT2D eigenvalue weighted by molar-refractivity contribution is -0.114. The number of hydrogen-bond donors (Lipinski definition) is 1. The molecule has 0 atom stereocenters. The molecule has 0 bridgehead atoms. The van der Waals surface area contributed by atoms with Gasteiger partial charge >= 0.3 is 5.63 Å². The molecule has 1 saturated heterocycles. The van der Waals surface area contributed by atoms with E-state index in [4.69, 9.17) is 4.42 Å². The molecule has 1 aliphatic rings. The fraction of sp³-hybridized carbons (Fsp3) is 0.318. The number of piperidine rings is 1. The molecule has 0 saturated carbocycles. The maximum absolute atomic E-state index is 12.8. The Morgan fingerprint density at radius 1 is 1.16 bits per heavy atom. The van der Waals surface area contributed by atoms with Crippen LogP contribution in [0.1, 0.15) is 31.7 Å². The molecule has 0 unspecified atom stereocenters. The van der Waals surface area contributed by atoms with Crippen molar-refractivity contribution in [3.8, 4) is 0 Å². The van der Waals surface area contributed by atoms with Crippen molar-refractivity contribution in [3.63, 3.8) is 0 Å². The first-order valence-electron chi connectivity index (χ1n) is 10.3. The standard InChI is InChI=1S/C22H23N3O5S2/c1-15(26)24-17-5-7-19-16(11-22(27)30-20(19)12-17)14-31-21-8-6-18(13-23-21)32(28,29)25-9-3-2-4-10-25/h5-8,11-13H,2-4,9-10,14H2,1H3,(H,24,26). The first-order chi connectivity index (χ1) is 15.3. The number of hydrogen-bond acceptors (Lipinski definition) is 7. The third kappa shape index (κ3) is 5.03. The minimum atomic E-state index is -3.52. The van der Waals surface area contributed by atoms with Crippen LogP contribution >= 0.6 is 11.8 Å². The summed E-state index contributed by atoms with van der Waals surface area (Å²) in [7, 11) is -3.52. The molecule has 168 valence electrons. The third-order valence-corrected chi connectivity index (χ3v) is 8.06. The molecule has 1 fully saturated rings. The van der Waals surface area contributed by atoms with Gasteiger partial charge in [-0.05, 0) is 42.7 Å². The number of anilines is 1. The highest BCUT2D eigenvalue weighted by atomic mass is 32.2. The molecule has 1 aromatic carbocycles. The Hall–Kier alpha value is -2.69. The average molecular weight is 474 g/mol. The van der Waals surface area contributed by atoms with Crippen LogP contribution in [0.2, 0.25) is 0 Å². The predicted octanol–water partition coefficient (Wildman–Crippen LogP) is 3.61. The first-order valence-corrected chi connectivity index (χ1v) is 12.7. The summed E-state index contributed by atoms with van der Waals surface area (Å²) in [4.78, 5) is 27.8. The molecule has 1 amide bonds. The van der Waals surface area contributed by atoms with Gasteiger partial charge in [0.2, 0.25) is 15.9 Å². The van der Waals surface area contributed by atoms with Crippen LogP contribution in [0.15, 0.2) is 61.7 Å². The summed E-state index contributed by atoms with van der Waals surface area (Å²) in [5, 5.41) is 4.08.